The van der Waals surface area contributed by atoms with Crippen LogP contribution in [0.4, 0.5) is 0 Å². The molecule has 0 saturated carbocycles. The number of rotatable bonds is 3. The molecule has 1 aromatic heterocycles. The van der Waals surface area contributed by atoms with Crippen molar-refractivity contribution in [2.45, 2.75) is 32.2 Å². The first-order valence-electron chi connectivity index (χ1n) is 5.30. The second-order valence-electron chi connectivity index (χ2n) is 4.08. The summed E-state index contributed by atoms with van der Waals surface area (Å²) in [6, 6.07) is 2.34. The third kappa shape index (κ3) is 2.21. The molecule has 1 aliphatic rings. The third-order valence-electron chi connectivity index (χ3n) is 2.85. The Morgan fingerprint density at radius 3 is 3.20 bits per heavy atom. The number of carbonyl (C=O) groups is 1. The summed E-state index contributed by atoms with van der Waals surface area (Å²) in [7, 11) is 0. The number of aromatic amines is 1. The highest BCUT2D eigenvalue weighted by molar-refractivity contribution is 5.66. The van der Waals surface area contributed by atoms with Gasteiger partial charge in [-0.3, -0.25) is 4.79 Å². The highest BCUT2D eigenvalue weighted by Crippen LogP contribution is 2.26. The molecule has 2 heterocycles. The lowest BCUT2D eigenvalue weighted by atomic mass is 9.99. The van der Waals surface area contributed by atoms with Crippen LogP contribution in [-0.2, 0) is 11.2 Å². The van der Waals surface area contributed by atoms with Crippen molar-refractivity contribution >= 4 is 5.97 Å². The van der Waals surface area contributed by atoms with Gasteiger partial charge in [0.15, 0.2) is 0 Å². The molecule has 0 fully saturated rings. The standard InChI is InChI=1S/C11H16N2O2/c1-7-6-8-4-5-12-9(11(8)13-7)2-3-10(14)15/h6,9,12-13H,2-5H2,1H3,(H,14,15). The molecule has 15 heavy (non-hydrogen) atoms. The van der Waals surface area contributed by atoms with Gasteiger partial charge in [-0.1, -0.05) is 0 Å². The Labute approximate surface area is 88.7 Å². The van der Waals surface area contributed by atoms with Gasteiger partial charge in [0.05, 0.1) is 0 Å². The minimum Gasteiger partial charge on any atom is -0.481 e. The van der Waals surface area contributed by atoms with Crippen LogP contribution in [0.3, 0.4) is 0 Å². The monoisotopic (exact) mass is 208 g/mol. The second kappa shape index (κ2) is 4.06. The number of nitrogens with one attached hydrogen (secondary N) is 2. The number of aryl methyl sites for hydroxylation is 1. The lowest BCUT2D eigenvalue weighted by Crippen LogP contribution is -2.30. The maximum Gasteiger partial charge on any atom is 0.303 e. The van der Waals surface area contributed by atoms with Crippen LogP contribution in [0.15, 0.2) is 6.07 Å². The van der Waals surface area contributed by atoms with Gasteiger partial charge in [-0.15, -0.1) is 0 Å². The molecule has 0 bridgehead atoms. The molecule has 0 radical (unpaired) electrons. The Morgan fingerprint density at radius 1 is 1.67 bits per heavy atom. The molecule has 1 aromatic rings. The summed E-state index contributed by atoms with van der Waals surface area (Å²) in [5, 5.41) is 12.0. The summed E-state index contributed by atoms with van der Waals surface area (Å²) in [5.74, 6) is -0.729. The van der Waals surface area contributed by atoms with E-state index < -0.39 is 5.97 Å². The van der Waals surface area contributed by atoms with Crippen LogP contribution in [0, 0.1) is 6.92 Å². The molecule has 0 aliphatic carbocycles. The van der Waals surface area contributed by atoms with Gasteiger partial charge in [0.1, 0.15) is 0 Å². The number of aliphatic carboxylic acids is 1. The molecule has 2 rings (SSSR count). The number of carboxylic acids is 1. The van der Waals surface area contributed by atoms with E-state index in [-0.39, 0.29) is 12.5 Å². The van der Waals surface area contributed by atoms with Crippen molar-refractivity contribution < 1.29 is 9.90 Å². The quantitative estimate of drug-likeness (QED) is 0.703. The predicted molar refractivity (Wildman–Crippen MR) is 56.8 cm³/mol. The molecule has 82 valence electrons. The Balaban J connectivity index is 2.11. The SMILES string of the molecule is Cc1cc2c([nH]1)C(CCC(=O)O)NCC2. The van der Waals surface area contributed by atoms with Crippen LogP contribution in [-0.4, -0.2) is 22.6 Å². The van der Waals surface area contributed by atoms with E-state index in [9.17, 15) is 4.79 Å². The van der Waals surface area contributed by atoms with Crippen LogP contribution in [0.2, 0.25) is 0 Å². The molecule has 0 saturated heterocycles. The third-order valence-corrected chi connectivity index (χ3v) is 2.85. The van der Waals surface area contributed by atoms with Gasteiger partial charge in [0.25, 0.3) is 0 Å². The van der Waals surface area contributed by atoms with Gasteiger partial charge >= 0.3 is 5.97 Å². The molecule has 0 amide bonds. The van der Waals surface area contributed by atoms with E-state index in [1.807, 2.05) is 6.92 Å². The summed E-state index contributed by atoms with van der Waals surface area (Å²) >= 11 is 0. The summed E-state index contributed by atoms with van der Waals surface area (Å²) in [6.07, 6.45) is 1.90. The lowest BCUT2D eigenvalue weighted by molar-refractivity contribution is -0.137. The molecule has 4 heteroatoms. The van der Waals surface area contributed by atoms with E-state index in [4.69, 9.17) is 5.11 Å². The largest absolute Gasteiger partial charge is 0.481 e. The van der Waals surface area contributed by atoms with Crippen LogP contribution in [0.25, 0.3) is 0 Å². The number of H-pyrrole nitrogens is 1. The summed E-state index contributed by atoms with van der Waals surface area (Å²) in [5.41, 5.74) is 3.67. The fourth-order valence-corrected chi connectivity index (χ4v) is 2.18. The molecule has 1 unspecified atom stereocenters. The predicted octanol–water partition coefficient (Wildman–Crippen LogP) is 1.37. The highest BCUT2D eigenvalue weighted by atomic mass is 16.4. The molecule has 0 spiro atoms. The first-order chi connectivity index (χ1) is 7.16. The van der Waals surface area contributed by atoms with E-state index in [1.165, 1.54) is 11.3 Å². The highest BCUT2D eigenvalue weighted by Gasteiger charge is 2.21. The summed E-state index contributed by atoms with van der Waals surface area (Å²) in [4.78, 5) is 13.8. The van der Waals surface area contributed by atoms with Gasteiger partial charge in [-0.05, 0) is 37.9 Å². The Kier molecular flexibility index (Phi) is 2.77. The topological polar surface area (TPSA) is 65.1 Å². The molecular formula is C11H16N2O2. The molecule has 1 aliphatic heterocycles. The average molecular weight is 208 g/mol. The average Bonchev–Trinajstić information content (AvgIpc) is 2.55. The van der Waals surface area contributed by atoms with E-state index in [0.717, 1.165) is 18.7 Å². The van der Waals surface area contributed by atoms with Crippen LogP contribution in [0.5, 0.6) is 0 Å². The van der Waals surface area contributed by atoms with Gasteiger partial charge in [0, 0.05) is 23.9 Å². The second-order valence-corrected chi connectivity index (χ2v) is 4.08. The zero-order valence-electron chi connectivity index (χ0n) is 8.84. The number of hydrogen-bond acceptors (Lipinski definition) is 2. The number of carboxylic acid groups (broad SMARTS) is 1. The maximum absolute atomic E-state index is 10.5. The van der Waals surface area contributed by atoms with E-state index in [2.05, 4.69) is 16.4 Å². The van der Waals surface area contributed by atoms with Crippen molar-refractivity contribution in [3.8, 4) is 0 Å². The van der Waals surface area contributed by atoms with Gasteiger partial charge in [0.2, 0.25) is 0 Å². The van der Waals surface area contributed by atoms with Crippen LogP contribution < -0.4 is 5.32 Å². The molecule has 0 aromatic carbocycles. The zero-order chi connectivity index (χ0) is 10.8. The Bertz CT molecular complexity index is 371. The summed E-state index contributed by atoms with van der Waals surface area (Å²) < 4.78 is 0. The fourth-order valence-electron chi connectivity index (χ4n) is 2.18. The van der Waals surface area contributed by atoms with Crippen LogP contribution >= 0.6 is 0 Å². The van der Waals surface area contributed by atoms with Gasteiger partial charge in [-0.2, -0.15) is 0 Å². The Hall–Kier alpha value is -1.29. The maximum atomic E-state index is 10.5. The van der Waals surface area contributed by atoms with Crippen molar-refractivity contribution in [1.82, 2.24) is 10.3 Å². The van der Waals surface area contributed by atoms with E-state index >= 15 is 0 Å². The van der Waals surface area contributed by atoms with Gasteiger partial charge < -0.3 is 15.4 Å². The van der Waals surface area contributed by atoms with Crippen molar-refractivity contribution in [2.75, 3.05) is 6.54 Å². The minimum atomic E-state index is -0.729. The fraction of sp³-hybridized carbons (Fsp3) is 0.545. The first-order valence-corrected chi connectivity index (χ1v) is 5.30. The van der Waals surface area contributed by atoms with Crippen molar-refractivity contribution in [3.05, 3.63) is 23.0 Å². The number of hydrogen-bond donors (Lipinski definition) is 3. The Morgan fingerprint density at radius 2 is 2.47 bits per heavy atom. The normalized spacial score (nSPS) is 19.9. The zero-order valence-corrected chi connectivity index (χ0v) is 8.84. The number of fused-ring (bicyclic) bond motifs is 1. The molecule has 3 N–H and O–H groups in total. The smallest absolute Gasteiger partial charge is 0.303 e. The van der Waals surface area contributed by atoms with Crippen LogP contribution in [0.1, 0.15) is 35.8 Å². The first kappa shape index (κ1) is 10.2. The molecule has 1 atom stereocenters. The molecule has 4 nitrogen and oxygen atoms in total. The van der Waals surface area contributed by atoms with E-state index in [1.54, 1.807) is 0 Å². The van der Waals surface area contributed by atoms with Gasteiger partial charge in [-0.25, -0.2) is 0 Å². The van der Waals surface area contributed by atoms with E-state index in [0.29, 0.717) is 6.42 Å². The molecular weight excluding hydrogens is 192 g/mol. The van der Waals surface area contributed by atoms with Crippen molar-refractivity contribution in [1.29, 1.82) is 0 Å². The lowest BCUT2D eigenvalue weighted by Gasteiger charge is -2.23. The van der Waals surface area contributed by atoms with Crippen molar-refractivity contribution in [3.63, 3.8) is 0 Å². The minimum absolute atomic E-state index is 0.179. The van der Waals surface area contributed by atoms with Crippen molar-refractivity contribution in [2.24, 2.45) is 0 Å². The number of aromatic nitrogens is 1. The summed E-state index contributed by atoms with van der Waals surface area (Å²) in [6.45, 7) is 2.97.